The first-order valence-corrected chi connectivity index (χ1v) is 6.32. The molecule has 0 aliphatic heterocycles. The molecule has 0 spiro atoms. The van der Waals surface area contributed by atoms with Crippen LogP contribution in [0.15, 0.2) is 5.38 Å². The fraction of sp³-hybridized carbons (Fsp3) is 0.700. The van der Waals surface area contributed by atoms with Crippen molar-refractivity contribution in [2.24, 2.45) is 0 Å². The number of aromatic nitrogens is 1. The molecule has 0 amide bonds. The van der Waals surface area contributed by atoms with Gasteiger partial charge in [-0.05, 0) is 27.9 Å². The maximum atomic E-state index is 5.83. The molecule has 0 saturated carbocycles. The van der Waals surface area contributed by atoms with Crippen LogP contribution in [0.2, 0.25) is 5.15 Å². The predicted molar refractivity (Wildman–Crippen MR) is 68.2 cm³/mol. The Morgan fingerprint density at radius 1 is 1.53 bits per heavy atom. The Bertz CT molecular complexity index is 301. The molecule has 1 unspecified atom stereocenters. The van der Waals surface area contributed by atoms with E-state index >= 15 is 0 Å². The monoisotopic (exact) mass is 247 g/mol. The molecule has 0 N–H and O–H groups in total. The van der Waals surface area contributed by atoms with Crippen molar-refractivity contribution < 1.29 is 0 Å². The number of nitrogens with zero attached hydrogens (tertiary/aromatic N) is 3. The van der Waals surface area contributed by atoms with Crippen molar-refractivity contribution in [2.45, 2.75) is 19.9 Å². The lowest BCUT2D eigenvalue weighted by Crippen LogP contribution is -2.40. The third kappa shape index (κ3) is 3.63. The summed E-state index contributed by atoms with van der Waals surface area (Å²) < 4.78 is 0. The van der Waals surface area contributed by atoms with E-state index in [2.05, 4.69) is 42.7 Å². The van der Waals surface area contributed by atoms with Gasteiger partial charge in [0, 0.05) is 24.5 Å². The van der Waals surface area contributed by atoms with Crippen LogP contribution in [0.3, 0.4) is 0 Å². The van der Waals surface area contributed by atoms with E-state index in [1.165, 1.54) is 0 Å². The maximum Gasteiger partial charge on any atom is 0.187 e. The van der Waals surface area contributed by atoms with Gasteiger partial charge in [-0.15, -0.1) is 11.3 Å². The molecular formula is C10H18ClN3S. The second-order valence-electron chi connectivity index (χ2n) is 3.85. The molecule has 86 valence electrons. The van der Waals surface area contributed by atoms with E-state index in [1.54, 1.807) is 11.3 Å². The summed E-state index contributed by atoms with van der Waals surface area (Å²) in [7, 11) is 4.17. The lowest BCUT2D eigenvalue weighted by Gasteiger charge is -2.29. The van der Waals surface area contributed by atoms with Gasteiger partial charge in [-0.2, -0.15) is 0 Å². The van der Waals surface area contributed by atoms with E-state index < -0.39 is 0 Å². The summed E-state index contributed by atoms with van der Waals surface area (Å²) in [6.07, 6.45) is 0. The third-order valence-corrected chi connectivity index (χ3v) is 3.41. The van der Waals surface area contributed by atoms with Crippen LogP contribution >= 0.6 is 22.9 Å². The van der Waals surface area contributed by atoms with Crippen LogP contribution in [0.5, 0.6) is 0 Å². The Morgan fingerprint density at radius 3 is 2.60 bits per heavy atom. The zero-order valence-corrected chi connectivity index (χ0v) is 11.3. The molecule has 0 radical (unpaired) electrons. The van der Waals surface area contributed by atoms with E-state index in [0.717, 1.165) is 18.2 Å². The molecule has 0 aliphatic carbocycles. The highest BCUT2D eigenvalue weighted by Gasteiger charge is 2.16. The number of likely N-dealkylation sites (N-methyl/N-ethyl adjacent to an activating group) is 2. The van der Waals surface area contributed by atoms with Crippen molar-refractivity contribution in [3.8, 4) is 0 Å². The van der Waals surface area contributed by atoms with Crippen molar-refractivity contribution >= 4 is 28.1 Å². The van der Waals surface area contributed by atoms with Gasteiger partial charge in [-0.1, -0.05) is 11.6 Å². The number of hydrogen-bond donors (Lipinski definition) is 0. The number of halogens is 1. The van der Waals surface area contributed by atoms with Gasteiger partial charge in [0.05, 0.1) is 0 Å². The second-order valence-corrected chi connectivity index (χ2v) is 5.07. The highest BCUT2D eigenvalue weighted by Crippen LogP contribution is 2.24. The minimum Gasteiger partial charge on any atom is -0.344 e. The van der Waals surface area contributed by atoms with Crippen LogP contribution in [0.1, 0.15) is 13.8 Å². The summed E-state index contributed by atoms with van der Waals surface area (Å²) in [4.78, 5) is 8.76. The molecule has 3 nitrogen and oxygen atoms in total. The zero-order valence-electron chi connectivity index (χ0n) is 9.70. The Hall–Kier alpha value is -0.320. The van der Waals surface area contributed by atoms with Gasteiger partial charge < -0.3 is 9.80 Å². The van der Waals surface area contributed by atoms with Crippen molar-refractivity contribution in [1.82, 2.24) is 9.88 Å². The minimum atomic E-state index is 0.451. The average molecular weight is 248 g/mol. The molecule has 0 saturated heterocycles. The summed E-state index contributed by atoms with van der Waals surface area (Å²) in [5.74, 6) is 0. The number of rotatable bonds is 5. The van der Waals surface area contributed by atoms with Crippen molar-refractivity contribution in [3.63, 3.8) is 0 Å². The molecule has 0 aliphatic rings. The van der Waals surface area contributed by atoms with Crippen molar-refractivity contribution in [1.29, 1.82) is 0 Å². The Labute approximate surface area is 101 Å². The largest absolute Gasteiger partial charge is 0.344 e. The van der Waals surface area contributed by atoms with Crippen LogP contribution in [0, 0.1) is 0 Å². The molecule has 1 aromatic rings. The van der Waals surface area contributed by atoms with Gasteiger partial charge in [0.15, 0.2) is 5.13 Å². The number of thiazole rings is 1. The Morgan fingerprint density at radius 2 is 2.20 bits per heavy atom. The fourth-order valence-corrected chi connectivity index (χ4v) is 2.75. The average Bonchev–Trinajstić information content (AvgIpc) is 2.51. The van der Waals surface area contributed by atoms with Gasteiger partial charge >= 0.3 is 0 Å². The summed E-state index contributed by atoms with van der Waals surface area (Å²) in [6, 6.07) is 0.451. The van der Waals surface area contributed by atoms with Crippen LogP contribution < -0.4 is 4.90 Å². The number of anilines is 1. The molecule has 0 fully saturated rings. The quantitative estimate of drug-likeness (QED) is 0.797. The first kappa shape index (κ1) is 12.7. The van der Waals surface area contributed by atoms with Gasteiger partial charge in [0.1, 0.15) is 5.15 Å². The molecule has 1 heterocycles. The van der Waals surface area contributed by atoms with Crippen LogP contribution in [0.4, 0.5) is 5.13 Å². The van der Waals surface area contributed by atoms with E-state index in [1.807, 2.05) is 5.38 Å². The van der Waals surface area contributed by atoms with E-state index in [9.17, 15) is 0 Å². The molecule has 1 atom stereocenters. The Balaban J connectivity index is 2.70. The van der Waals surface area contributed by atoms with Gasteiger partial charge in [0.2, 0.25) is 0 Å². The summed E-state index contributed by atoms with van der Waals surface area (Å²) >= 11 is 7.44. The Kier molecular flexibility index (Phi) is 4.83. The summed E-state index contributed by atoms with van der Waals surface area (Å²) in [6.45, 7) is 6.32. The standard InChI is InChI=1S/C10H18ClN3S/c1-5-14(8(2)6-13(3)4)10-12-9(11)7-15-10/h7-8H,5-6H2,1-4H3. The zero-order chi connectivity index (χ0) is 11.4. The summed E-state index contributed by atoms with van der Waals surface area (Å²) in [5, 5.41) is 3.48. The highest BCUT2D eigenvalue weighted by molar-refractivity contribution is 7.14. The predicted octanol–water partition coefficient (Wildman–Crippen LogP) is 2.57. The van der Waals surface area contributed by atoms with Crippen molar-refractivity contribution in [3.05, 3.63) is 10.5 Å². The van der Waals surface area contributed by atoms with Crippen LogP contribution in [-0.4, -0.2) is 43.1 Å². The van der Waals surface area contributed by atoms with Crippen LogP contribution in [0.25, 0.3) is 0 Å². The lowest BCUT2D eigenvalue weighted by atomic mass is 10.3. The summed E-state index contributed by atoms with van der Waals surface area (Å²) in [5.41, 5.74) is 0. The van der Waals surface area contributed by atoms with E-state index in [-0.39, 0.29) is 0 Å². The highest BCUT2D eigenvalue weighted by atomic mass is 35.5. The van der Waals surface area contributed by atoms with Gasteiger partial charge in [-0.25, -0.2) is 4.98 Å². The third-order valence-electron chi connectivity index (χ3n) is 2.21. The van der Waals surface area contributed by atoms with E-state index in [0.29, 0.717) is 11.2 Å². The van der Waals surface area contributed by atoms with Gasteiger partial charge in [0.25, 0.3) is 0 Å². The first-order chi connectivity index (χ1) is 7.04. The minimum absolute atomic E-state index is 0.451. The van der Waals surface area contributed by atoms with E-state index in [4.69, 9.17) is 11.6 Å². The molecule has 1 aromatic heterocycles. The molecule has 5 heteroatoms. The number of hydrogen-bond acceptors (Lipinski definition) is 4. The maximum absolute atomic E-state index is 5.83. The molecule has 1 rings (SSSR count). The molecule has 0 bridgehead atoms. The van der Waals surface area contributed by atoms with Crippen molar-refractivity contribution in [2.75, 3.05) is 32.1 Å². The van der Waals surface area contributed by atoms with Gasteiger partial charge in [-0.3, -0.25) is 0 Å². The first-order valence-electron chi connectivity index (χ1n) is 5.07. The van der Waals surface area contributed by atoms with Crippen LogP contribution in [-0.2, 0) is 0 Å². The molecule has 0 aromatic carbocycles. The SMILES string of the molecule is CCN(c1nc(Cl)cs1)C(C)CN(C)C. The lowest BCUT2D eigenvalue weighted by molar-refractivity contribution is 0.373. The molecular weight excluding hydrogens is 230 g/mol. The smallest absolute Gasteiger partial charge is 0.187 e. The topological polar surface area (TPSA) is 19.4 Å². The molecule has 15 heavy (non-hydrogen) atoms. The normalized spacial score (nSPS) is 13.2. The fourth-order valence-electron chi connectivity index (χ4n) is 1.64. The second kappa shape index (κ2) is 5.68.